The highest BCUT2D eigenvalue weighted by Gasteiger charge is 2.22. The van der Waals surface area contributed by atoms with Gasteiger partial charge in [-0.05, 0) is 62.6 Å². The molecule has 0 saturated carbocycles. The molecule has 1 unspecified atom stereocenters. The van der Waals surface area contributed by atoms with Gasteiger partial charge >= 0.3 is 0 Å². The minimum Gasteiger partial charge on any atom is -0.399 e. The van der Waals surface area contributed by atoms with Crippen molar-refractivity contribution in [1.82, 2.24) is 0 Å². The van der Waals surface area contributed by atoms with Crippen molar-refractivity contribution >= 4 is 34.6 Å². The number of piperidine rings is 1. The average Bonchev–Trinajstić information content (AvgIpc) is 2.56. The van der Waals surface area contributed by atoms with Crippen LogP contribution >= 0.6 is 11.6 Å². The Morgan fingerprint density at radius 2 is 2.08 bits per heavy atom. The first-order chi connectivity index (χ1) is 11.5. The molecule has 0 radical (unpaired) electrons. The highest BCUT2D eigenvalue weighted by atomic mass is 35.5. The first-order valence-corrected chi connectivity index (χ1v) is 8.65. The summed E-state index contributed by atoms with van der Waals surface area (Å²) in [4.78, 5) is 14.9. The summed E-state index contributed by atoms with van der Waals surface area (Å²) in [6.45, 7) is 3.21. The number of nitrogens with one attached hydrogen (secondary N) is 1. The smallest absolute Gasteiger partial charge is 0.255 e. The molecule has 2 aromatic rings. The van der Waals surface area contributed by atoms with Crippen LogP contribution in [0.3, 0.4) is 0 Å². The number of hydrogen-bond donors (Lipinski definition) is 2. The van der Waals surface area contributed by atoms with Crippen LogP contribution in [0.4, 0.5) is 17.1 Å². The second kappa shape index (κ2) is 7.14. The van der Waals surface area contributed by atoms with Crippen molar-refractivity contribution in [2.45, 2.75) is 32.2 Å². The number of anilines is 3. The lowest BCUT2D eigenvalue weighted by molar-refractivity contribution is 0.102. The quantitative estimate of drug-likeness (QED) is 0.803. The number of halogens is 1. The van der Waals surface area contributed by atoms with Gasteiger partial charge in [0.15, 0.2) is 0 Å². The SMILES string of the molecule is CC1CCCCN1c1ccc(N)cc1NC(=O)c1cccc(Cl)c1. The van der Waals surface area contributed by atoms with Crippen LogP contribution in [0.2, 0.25) is 5.02 Å². The molecule has 4 nitrogen and oxygen atoms in total. The zero-order chi connectivity index (χ0) is 17.1. The number of benzene rings is 2. The molecule has 1 aliphatic heterocycles. The third-order valence-electron chi connectivity index (χ3n) is 4.47. The van der Waals surface area contributed by atoms with Crippen molar-refractivity contribution in [2.24, 2.45) is 0 Å². The first kappa shape index (κ1) is 16.7. The Labute approximate surface area is 147 Å². The standard InChI is InChI=1S/C19H22ClN3O/c1-13-5-2-3-10-23(13)18-9-8-16(21)12-17(18)22-19(24)14-6-4-7-15(20)11-14/h4,6-9,11-13H,2-3,5,10,21H2,1H3,(H,22,24). The van der Waals surface area contributed by atoms with Crippen LogP contribution in [-0.2, 0) is 0 Å². The molecule has 1 amide bonds. The van der Waals surface area contributed by atoms with E-state index in [4.69, 9.17) is 17.3 Å². The molecule has 0 aromatic heterocycles. The molecule has 5 heteroatoms. The van der Waals surface area contributed by atoms with E-state index in [2.05, 4.69) is 17.1 Å². The number of carbonyl (C=O) groups is 1. The fourth-order valence-electron chi connectivity index (χ4n) is 3.18. The van der Waals surface area contributed by atoms with Crippen LogP contribution in [0.25, 0.3) is 0 Å². The van der Waals surface area contributed by atoms with Gasteiger partial charge in [0.25, 0.3) is 5.91 Å². The minimum absolute atomic E-state index is 0.186. The van der Waals surface area contributed by atoms with Crippen molar-refractivity contribution in [1.29, 1.82) is 0 Å². The Morgan fingerprint density at radius 3 is 2.83 bits per heavy atom. The summed E-state index contributed by atoms with van der Waals surface area (Å²) in [6.07, 6.45) is 3.57. The average molecular weight is 344 g/mol. The van der Waals surface area contributed by atoms with E-state index < -0.39 is 0 Å². The van der Waals surface area contributed by atoms with Gasteiger partial charge in [-0.25, -0.2) is 0 Å². The third-order valence-corrected chi connectivity index (χ3v) is 4.70. The number of nitrogens with two attached hydrogens (primary N) is 1. The molecule has 1 fully saturated rings. The molecule has 1 heterocycles. The van der Waals surface area contributed by atoms with Gasteiger partial charge in [-0.2, -0.15) is 0 Å². The molecular weight excluding hydrogens is 322 g/mol. The lowest BCUT2D eigenvalue weighted by Gasteiger charge is -2.36. The summed E-state index contributed by atoms with van der Waals surface area (Å²) >= 11 is 5.98. The van der Waals surface area contributed by atoms with Gasteiger partial charge in [0, 0.05) is 28.9 Å². The lowest BCUT2D eigenvalue weighted by atomic mass is 10.0. The fourth-order valence-corrected chi connectivity index (χ4v) is 3.37. The molecule has 126 valence electrons. The van der Waals surface area contributed by atoms with Gasteiger partial charge in [-0.3, -0.25) is 4.79 Å². The summed E-state index contributed by atoms with van der Waals surface area (Å²) in [5.41, 5.74) is 8.86. The summed E-state index contributed by atoms with van der Waals surface area (Å²) in [6, 6.07) is 13.1. The van der Waals surface area contributed by atoms with Crippen molar-refractivity contribution < 1.29 is 4.79 Å². The van der Waals surface area contributed by atoms with E-state index in [1.54, 1.807) is 24.3 Å². The maximum Gasteiger partial charge on any atom is 0.255 e. The van der Waals surface area contributed by atoms with Crippen molar-refractivity contribution in [3.8, 4) is 0 Å². The molecule has 1 aliphatic rings. The number of rotatable bonds is 3. The van der Waals surface area contributed by atoms with Crippen LogP contribution in [0.5, 0.6) is 0 Å². The lowest BCUT2D eigenvalue weighted by Crippen LogP contribution is -2.38. The minimum atomic E-state index is -0.186. The predicted octanol–water partition coefficient (Wildman–Crippen LogP) is 4.55. The largest absolute Gasteiger partial charge is 0.399 e. The topological polar surface area (TPSA) is 58.4 Å². The monoisotopic (exact) mass is 343 g/mol. The van der Waals surface area contributed by atoms with Crippen molar-refractivity contribution in [2.75, 3.05) is 22.5 Å². The highest BCUT2D eigenvalue weighted by Crippen LogP contribution is 2.33. The second-order valence-corrected chi connectivity index (χ2v) is 6.72. The highest BCUT2D eigenvalue weighted by molar-refractivity contribution is 6.31. The molecular formula is C19H22ClN3O. The number of nitrogen functional groups attached to an aromatic ring is 1. The molecule has 0 spiro atoms. The Balaban J connectivity index is 1.89. The molecule has 24 heavy (non-hydrogen) atoms. The van der Waals surface area contributed by atoms with Gasteiger partial charge in [0.1, 0.15) is 0 Å². The number of carbonyl (C=O) groups excluding carboxylic acids is 1. The van der Waals surface area contributed by atoms with E-state index in [0.29, 0.717) is 22.3 Å². The molecule has 0 bridgehead atoms. The van der Waals surface area contributed by atoms with Crippen molar-refractivity contribution in [3.05, 3.63) is 53.1 Å². The second-order valence-electron chi connectivity index (χ2n) is 6.28. The maximum atomic E-state index is 12.6. The van der Waals surface area contributed by atoms with Crippen LogP contribution in [-0.4, -0.2) is 18.5 Å². The zero-order valence-corrected chi connectivity index (χ0v) is 14.5. The third kappa shape index (κ3) is 3.65. The summed E-state index contributed by atoms with van der Waals surface area (Å²) in [5, 5.41) is 3.54. The van der Waals surface area contributed by atoms with E-state index in [9.17, 15) is 4.79 Å². The molecule has 1 atom stereocenters. The van der Waals surface area contributed by atoms with Gasteiger partial charge < -0.3 is 16.0 Å². The van der Waals surface area contributed by atoms with Crippen LogP contribution in [0.15, 0.2) is 42.5 Å². The Kier molecular flexibility index (Phi) is 4.95. The number of amides is 1. The van der Waals surface area contributed by atoms with E-state index in [0.717, 1.165) is 30.8 Å². The van der Waals surface area contributed by atoms with Gasteiger partial charge in [-0.15, -0.1) is 0 Å². The molecule has 0 aliphatic carbocycles. The first-order valence-electron chi connectivity index (χ1n) is 8.27. The molecule has 2 aromatic carbocycles. The van der Waals surface area contributed by atoms with Gasteiger partial charge in [-0.1, -0.05) is 17.7 Å². The van der Waals surface area contributed by atoms with Crippen LogP contribution in [0.1, 0.15) is 36.5 Å². The Bertz CT molecular complexity index is 747. The summed E-state index contributed by atoms with van der Waals surface area (Å²) < 4.78 is 0. The van der Waals surface area contributed by atoms with E-state index in [1.807, 2.05) is 18.2 Å². The molecule has 3 N–H and O–H groups in total. The summed E-state index contributed by atoms with van der Waals surface area (Å²) in [5.74, 6) is -0.186. The summed E-state index contributed by atoms with van der Waals surface area (Å²) in [7, 11) is 0. The van der Waals surface area contributed by atoms with Crippen LogP contribution in [0, 0.1) is 0 Å². The van der Waals surface area contributed by atoms with Gasteiger partial charge in [0.05, 0.1) is 11.4 Å². The number of nitrogens with zero attached hydrogens (tertiary/aromatic N) is 1. The number of hydrogen-bond acceptors (Lipinski definition) is 3. The van der Waals surface area contributed by atoms with E-state index in [1.165, 1.54) is 6.42 Å². The van der Waals surface area contributed by atoms with E-state index in [-0.39, 0.29) is 5.91 Å². The Hall–Kier alpha value is -2.20. The molecule has 1 saturated heterocycles. The zero-order valence-electron chi connectivity index (χ0n) is 13.8. The molecule has 3 rings (SSSR count). The normalized spacial score (nSPS) is 17.6. The van der Waals surface area contributed by atoms with Gasteiger partial charge in [0.2, 0.25) is 0 Å². The fraction of sp³-hybridized carbons (Fsp3) is 0.316. The Morgan fingerprint density at radius 1 is 1.25 bits per heavy atom. The van der Waals surface area contributed by atoms with Crippen molar-refractivity contribution in [3.63, 3.8) is 0 Å². The van der Waals surface area contributed by atoms with E-state index >= 15 is 0 Å². The predicted molar refractivity (Wildman–Crippen MR) is 101 cm³/mol. The maximum absolute atomic E-state index is 12.6. The van der Waals surface area contributed by atoms with Crippen LogP contribution < -0.4 is 16.0 Å².